The fraction of sp³-hybridized carbons (Fsp3) is 0.786. The van der Waals surface area contributed by atoms with Gasteiger partial charge in [-0.3, -0.25) is 9.59 Å². The second-order valence-corrected chi connectivity index (χ2v) is 3.85. The standard InChI is InChI=1S/C8H14O3.C6H12O2/c1-2-3-4-7-11-8(10)5-6-9;1-3-5-6(7)8-4-2/h6H,2-5,7H2,1H3;3-5H2,1-2H3. The smallest absolute Gasteiger partial charge is 0.313 e. The second kappa shape index (κ2) is 16.6. The highest BCUT2D eigenvalue weighted by molar-refractivity contribution is 5.83. The largest absolute Gasteiger partial charge is 0.466 e. The SMILES string of the molecule is CCCC(=O)OCC.CCCCCOC(=O)CC=O. The van der Waals surface area contributed by atoms with E-state index in [1.54, 1.807) is 0 Å². The van der Waals surface area contributed by atoms with E-state index in [1.165, 1.54) is 0 Å². The lowest BCUT2D eigenvalue weighted by atomic mass is 10.3. The Morgan fingerprint density at radius 2 is 1.63 bits per heavy atom. The first-order valence-corrected chi connectivity index (χ1v) is 6.87. The summed E-state index contributed by atoms with van der Waals surface area (Å²) in [6, 6.07) is 0. The summed E-state index contributed by atoms with van der Waals surface area (Å²) in [6.45, 7) is 6.79. The molecule has 19 heavy (non-hydrogen) atoms. The maximum atomic E-state index is 10.6. The number of unbranched alkanes of at least 4 members (excludes halogenated alkanes) is 2. The van der Waals surface area contributed by atoms with Crippen LogP contribution in [0.2, 0.25) is 0 Å². The molecule has 0 aromatic carbocycles. The minimum Gasteiger partial charge on any atom is -0.466 e. The van der Waals surface area contributed by atoms with Crippen LogP contribution >= 0.6 is 0 Å². The predicted octanol–water partition coefficient (Wildman–Crippen LogP) is 2.66. The molecule has 0 aromatic heterocycles. The number of rotatable bonds is 9. The van der Waals surface area contributed by atoms with E-state index in [1.807, 2.05) is 13.8 Å². The summed E-state index contributed by atoms with van der Waals surface area (Å²) in [4.78, 5) is 30.8. The van der Waals surface area contributed by atoms with Crippen LogP contribution in [0.1, 0.15) is 59.3 Å². The summed E-state index contributed by atoms with van der Waals surface area (Å²) in [7, 11) is 0. The molecule has 0 aromatic rings. The third kappa shape index (κ3) is 19.1. The lowest BCUT2D eigenvalue weighted by Gasteiger charge is -2.00. The van der Waals surface area contributed by atoms with Gasteiger partial charge in [0.15, 0.2) is 0 Å². The van der Waals surface area contributed by atoms with Gasteiger partial charge in [0.1, 0.15) is 12.7 Å². The van der Waals surface area contributed by atoms with Gasteiger partial charge in [0.05, 0.1) is 13.2 Å². The van der Waals surface area contributed by atoms with Crippen LogP contribution in [0.5, 0.6) is 0 Å². The zero-order chi connectivity index (χ0) is 14.9. The predicted molar refractivity (Wildman–Crippen MR) is 72.7 cm³/mol. The molecule has 0 aliphatic rings. The molecule has 0 saturated carbocycles. The summed E-state index contributed by atoms with van der Waals surface area (Å²) >= 11 is 0. The number of carbonyl (C=O) groups excluding carboxylic acids is 3. The van der Waals surface area contributed by atoms with Crippen molar-refractivity contribution in [3.05, 3.63) is 0 Å². The minimum absolute atomic E-state index is 0.0880. The van der Waals surface area contributed by atoms with Crippen LogP contribution in [0.4, 0.5) is 0 Å². The molecule has 0 heterocycles. The zero-order valence-corrected chi connectivity index (χ0v) is 12.3. The molecule has 0 radical (unpaired) electrons. The first-order valence-electron chi connectivity index (χ1n) is 6.87. The Labute approximate surface area is 115 Å². The van der Waals surface area contributed by atoms with Crippen molar-refractivity contribution in [1.29, 1.82) is 0 Å². The zero-order valence-electron chi connectivity index (χ0n) is 12.3. The van der Waals surface area contributed by atoms with Crippen LogP contribution in [0.25, 0.3) is 0 Å². The van der Waals surface area contributed by atoms with Crippen molar-refractivity contribution in [2.24, 2.45) is 0 Å². The van der Waals surface area contributed by atoms with Gasteiger partial charge in [-0.05, 0) is 19.8 Å². The van der Waals surface area contributed by atoms with Crippen LogP contribution in [0.3, 0.4) is 0 Å². The average Bonchev–Trinajstić information content (AvgIpc) is 2.36. The van der Waals surface area contributed by atoms with Gasteiger partial charge in [-0.25, -0.2) is 0 Å². The van der Waals surface area contributed by atoms with E-state index in [0.717, 1.165) is 25.7 Å². The highest BCUT2D eigenvalue weighted by atomic mass is 16.5. The summed E-state index contributed by atoms with van der Waals surface area (Å²) in [5.41, 5.74) is 0. The molecule has 5 heteroatoms. The van der Waals surface area contributed by atoms with E-state index in [9.17, 15) is 14.4 Å². The highest BCUT2D eigenvalue weighted by Crippen LogP contribution is 1.94. The number of ether oxygens (including phenoxy) is 2. The maximum Gasteiger partial charge on any atom is 0.313 e. The van der Waals surface area contributed by atoms with Gasteiger partial charge >= 0.3 is 11.9 Å². The Morgan fingerprint density at radius 1 is 0.947 bits per heavy atom. The number of carbonyl (C=O) groups is 3. The fourth-order valence-corrected chi connectivity index (χ4v) is 1.10. The summed E-state index contributed by atoms with van der Waals surface area (Å²) in [6.07, 6.45) is 4.92. The normalized spacial score (nSPS) is 9.00. The Balaban J connectivity index is 0. The van der Waals surface area contributed by atoms with Gasteiger partial charge in [0, 0.05) is 6.42 Å². The van der Waals surface area contributed by atoms with Gasteiger partial charge in [-0.2, -0.15) is 0 Å². The molecule has 0 atom stereocenters. The second-order valence-electron chi connectivity index (χ2n) is 3.85. The average molecular weight is 274 g/mol. The molecule has 0 amide bonds. The molecule has 0 saturated heterocycles. The highest BCUT2D eigenvalue weighted by Gasteiger charge is 1.99. The van der Waals surface area contributed by atoms with Crippen molar-refractivity contribution in [2.45, 2.75) is 59.3 Å². The van der Waals surface area contributed by atoms with Crippen molar-refractivity contribution >= 4 is 18.2 Å². The van der Waals surface area contributed by atoms with Crippen molar-refractivity contribution in [3.8, 4) is 0 Å². The number of esters is 2. The Kier molecular flexibility index (Phi) is 17.4. The molecule has 0 rings (SSSR count). The number of hydrogen-bond donors (Lipinski definition) is 0. The molecule has 112 valence electrons. The molecular weight excluding hydrogens is 248 g/mol. The Bertz CT molecular complexity index is 230. The molecule has 5 nitrogen and oxygen atoms in total. The van der Waals surface area contributed by atoms with Crippen molar-refractivity contribution in [1.82, 2.24) is 0 Å². The van der Waals surface area contributed by atoms with E-state index >= 15 is 0 Å². The lowest BCUT2D eigenvalue weighted by Crippen LogP contribution is -2.05. The maximum absolute atomic E-state index is 10.6. The van der Waals surface area contributed by atoms with Crippen LogP contribution in [-0.2, 0) is 23.9 Å². The van der Waals surface area contributed by atoms with Gasteiger partial charge in [-0.1, -0.05) is 26.7 Å². The monoisotopic (exact) mass is 274 g/mol. The Morgan fingerprint density at radius 3 is 2.11 bits per heavy atom. The molecule has 0 fully saturated rings. The number of hydrogen-bond acceptors (Lipinski definition) is 5. The van der Waals surface area contributed by atoms with E-state index in [4.69, 9.17) is 4.74 Å². The van der Waals surface area contributed by atoms with Crippen LogP contribution in [-0.4, -0.2) is 31.4 Å². The van der Waals surface area contributed by atoms with Gasteiger partial charge in [-0.15, -0.1) is 0 Å². The molecule has 0 spiro atoms. The van der Waals surface area contributed by atoms with E-state index in [0.29, 0.717) is 25.9 Å². The fourth-order valence-electron chi connectivity index (χ4n) is 1.10. The van der Waals surface area contributed by atoms with Crippen molar-refractivity contribution in [2.75, 3.05) is 13.2 Å². The van der Waals surface area contributed by atoms with Crippen molar-refractivity contribution in [3.63, 3.8) is 0 Å². The Hall–Kier alpha value is -1.39. The quantitative estimate of drug-likeness (QED) is 0.280. The summed E-state index contributed by atoms with van der Waals surface area (Å²) < 4.78 is 9.36. The molecule has 0 aliphatic carbocycles. The van der Waals surface area contributed by atoms with Gasteiger partial charge in [0.2, 0.25) is 0 Å². The third-order valence-electron chi connectivity index (χ3n) is 2.02. The molecule has 0 bridgehead atoms. The summed E-state index contributed by atoms with van der Waals surface area (Å²) in [5.74, 6) is -0.508. The van der Waals surface area contributed by atoms with Crippen LogP contribution in [0, 0.1) is 0 Å². The van der Waals surface area contributed by atoms with Gasteiger partial charge in [0.25, 0.3) is 0 Å². The summed E-state index contributed by atoms with van der Waals surface area (Å²) in [5, 5.41) is 0. The first-order chi connectivity index (χ1) is 9.12. The topological polar surface area (TPSA) is 69.7 Å². The van der Waals surface area contributed by atoms with E-state index < -0.39 is 5.97 Å². The molecule has 0 aliphatic heterocycles. The van der Waals surface area contributed by atoms with E-state index in [-0.39, 0.29) is 12.4 Å². The number of aldehydes is 1. The van der Waals surface area contributed by atoms with E-state index in [2.05, 4.69) is 11.7 Å². The molecular formula is C14H26O5. The first kappa shape index (κ1) is 19.9. The molecule has 0 unspecified atom stereocenters. The van der Waals surface area contributed by atoms with Crippen LogP contribution in [0.15, 0.2) is 0 Å². The van der Waals surface area contributed by atoms with Crippen LogP contribution < -0.4 is 0 Å². The minimum atomic E-state index is -0.420. The lowest BCUT2D eigenvalue weighted by molar-refractivity contribution is -0.145. The molecule has 0 N–H and O–H groups in total. The van der Waals surface area contributed by atoms with Crippen molar-refractivity contribution < 1.29 is 23.9 Å². The van der Waals surface area contributed by atoms with Gasteiger partial charge < -0.3 is 14.3 Å². The third-order valence-corrected chi connectivity index (χ3v) is 2.02.